The molecule has 3 heterocycles. The Balaban J connectivity index is 1.32. The molecule has 0 unspecified atom stereocenters. The smallest absolute Gasteiger partial charge is 0.240 e. The number of imidazole rings is 1. The molecule has 27 heavy (non-hydrogen) atoms. The zero-order valence-electron chi connectivity index (χ0n) is 15.3. The molecule has 3 aromatic rings. The third-order valence-corrected chi connectivity index (χ3v) is 5.84. The predicted molar refractivity (Wildman–Crippen MR) is 106 cm³/mol. The van der Waals surface area contributed by atoms with Crippen LogP contribution in [0.5, 0.6) is 0 Å². The van der Waals surface area contributed by atoms with E-state index in [0.29, 0.717) is 44.2 Å². The minimum atomic E-state index is -0.775. The summed E-state index contributed by atoms with van der Waals surface area (Å²) in [5.74, 6) is -0.0598. The van der Waals surface area contributed by atoms with E-state index in [9.17, 15) is 9.90 Å². The maximum atomic E-state index is 12.2. The van der Waals surface area contributed by atoms with E-state index in [4.69, 9.17) is 0 Å². The van der Waals surface area contributed by atoms with Crippen molar-refractivity contribution in [3.63, 3.8) is 0 Å². The van der Waals surface area contributed by atoms with Gasteiger partial charge in [0.15, 0.2) is 5.13 Å². The van der Waals surface area contributed by atoms with Gasteiger partial charge in [0.25, 0.3) is 0 Å². The van der Waals surface area contributed by atoms with E-state index >= 15 is 0 Å². The van der Waals surface area contributed by atoms with Crippen molar-refractivity contribution in [1.29, 1.82) is 0 Å². The zero-order chi connectivity index (χ0) is 18.9. The van der Waals surface area contributed by atoms with E-state index < -0.39 is 5.60 Å². The van der Waals surface area contributed by atoms with Crippen molar-refractivity contribution in [3.8, 4) is 0 Å². The van der Waals surface area contributed by atoms with Crippen LogP contribution in [0.3, 0.4) is 0 Å². The number of hydrogen-bond acceptors (Lipinski definition) is 6. The minimum Gasteiger partial charge on any atom is -0.388 e. The van der Waals surface area contributed by atoms with E-state index in [-0.39, 0.29) is 5.91 Å². The quantitative estimate of drug-likeness (QED) is 0.704. The molecular formula is C19H23N5O2S. The molecule has 8 heteroatoms. The van der Waals surface area contributed by atoms with E-state index in [1.54, 1.807) is 12.5 Å². The fourth-order valence-electron chi connectivity index (χ4n) is 3.51. The number of fused-ring (bicyclic) bond motifs is 1. The average molecular weight is 385 g/mol. The molecule has 2 N–H and O–H groups in total. The third-order valence-electron chi connectivity index (χ3n) is 5.01. The summed E-state index contributed by atoms with van der Waals surface area (Å²) in [7, 11) is 0. The van der Waals surface area contributed by atoms with Gasteiger partial charge in [-0.25, -0.2) is 9.97 Å². The zero-order valence-corrected chi connectivity index (χ0v) is 16.1. The standard InChI is InChI=1S/C19H23N5O2S/c1-14-10-20-18(27-14)22-17(25)11-23-8-6-19(26,7-9-23)12-24-13-21-15-4-2-3-5-16(15)24/h2-5,10,13,26H,6-9,11-12H2,1H3,(H,20,22,25). The first kappa shape index (κ1) is 18.1. The molecule has 142 valence electrons. The Morgan fingerprint density at radius 2 is 2.07 bits per heavy atom. The van der Waals surface area contributed by atoms with Crippen LogP contribution in [0.4, 0.5) is 5.13 Å². The Bertz CT molecular complexity index is 942. The second-order valence-corrected chi connectivity index (χ2v) is 8.42. The number of likely N-dealkylation sites (tertiary alicyclic amines) is 1. The van der Waals surface area contributed by atoms with Crippen LogP contribution in [0.2, 0.25) is 0 Å². The molecule has 0 saturated carbocycles. The Morgan fingerprint density at radius 3 is 2.81 bits per heavy atom. The van der Waals surface area contributed by atoms with Gasteiger partial charge in [-0.2, -0.15) is 0 Å². The molecule has 0 bridgehead atoms. The number of benzene rings is 1. The lowest BCUT2D eigenvalue weighted by Crippen LogP contribution is -2.48. The van der Waals surface area contributed by atoms with Gasteiger partial charge in [-0.3, -0.25) is 9.69 Å². The molecule has 1 saturated heterocycles. The SMILES string of the molecule is Cc1cnc(NC(=O)CN2CCC(O)(Cn3cnc4ccccc43)CC2)s1. The van der Waals surface area contributed by atoms with Crippen molar-refractivity contribution < 1.29 is 9.90 Å². The van der Waals surface area contributed by atoms with Gasteiger partial charge in [-0.05, 0) is 31.9 Å². The van der Waals surface area contributed by atoms with Crippen molar-refractivity contribution in [1.82, 2.24) is 19.4 Å². The molecule has 4 rings (SSSR count). The van der Waals surface area contributed by atoms with Crippen LogP contribution in [-0.2, 0) is 11.3 Å². The lowest BCUT2D eigenvalue weighted by Gasteiger charge is -2.38. The second kappa shape index (κ2) is 7.38. The highest BCUT2D eigenvalue weighted by atomic mass is 32.1. The number of nitrogens with zero attached hydrogens (tertiary/aromatic N) is 4. The third kappa shape index (κ3) is 4.18. The van der Waals surface area contributed by atoms with Gasteiger partial charge >= 0.3 is 0 Å². The van der Waals surface area contributed by atoms with Crippen LogP contribution in [-0.4, -0.2) is 55.7 Å². The van der Waals surface area contributed by atoms with E-state index in [1.807, 2.05) is 35.8 Å². The minimum absolute atomic E-state index is 0.0598. The first-order valence-corrected chi connectivity index (χ1v) is 9.89. The average Bonchev–Trinajstić information content (AvgIpc) is 3.23. The molecule has 1 aromatic carbocycles. The number of aryl methyl sites for hydroxylation is 1. The largest absolute Gasteiger partial charge is 0.388 e. The van der Waals surface area contributed by atoms with Crippen molar-refractivity contribution >= 4 is 33.4 Å². The summed E-state index contributed by atoms with van der Waals surface area (Å²) in [6.07, 6.45) is 4.80. The normalized spacial score (nSPS) is 17.3. The topological polar surface area (TPSA) is 83.3 Å². The van der Waals surface area contributed by atoms with Crippen LogP contribution in [0, 0.1) is 6.92 Å². The number of aromatic nitrogens is 3. The molecule has 2 aromatic heterocycles. The number of nitrogens with one attached hydrogen (secondary N) is 1. The van der Waals surface area contributed by atoms with Crippen molar-refractivity contribution in [2.45, 2.75) is 31.9 Å². The fraction of sp³-hybridized carbons (Fsp3) is 0.421. The van der Waals surface area contributed by atoms with Crippen molar-refractivity contribution in [2.75, 3.05) is 25.0 Å². The fourth-order valence-corrected chi connectivity index (χ4v) is 4.19. The number of carbonyl (C=O) groups excluding carboxylic acids is 1. The lowest BCUT2D eigenvalue weighted by molar-refractivity contribution is -0.118. The Morgan fingerprint density at radius 1 is 1.30 bits per heavy atom. The van der Waals surface area contributed by atoms with Crippen LogP contribution in [0.1, 0.15) is 17.7 Å². The van der Waals surface area contributed by atoms with E-state index in [1.165, 1.54) is 11.3 Å². The number of hydrogen-bond donors (Lipinski definition) is 2. The number of thiazole rings is 1. The molecule has 0 spiro atoms. The summed E-state index contributed by atoms with van der Waals surface area (Å²) in [4.78, 5) is 23.9. The van der Waals surface area contributed by atoms with Gasteiger partial charge in [-0.1, -0.05) is 12.1 Å². The Kier molecular flexibility index (Phi) is 4.94. The number of para-hydroxylation sites is 2. The van der Waals surface area contributed by atoms with E-state index in [0.717, 1.165) is 15.9 Å². The summed E-state index contributed by atoms with van der Waals surface area (Å²) in [6.45, 7) is 4.18. The van der Waals surface area contributed by atoms with Gasteiger partial charge in [0.2, 0.25) is 5.91 Å². The predicted octanol–water partition coefficient (Wildman–Crippen LogP) is 2.27. The maximum absolute atomic E-state index is 12.2. The number of anilines is 1. The number of amides is 1. The molecule has 1 amide bonds. The highest BCUT2D eigenvalue weighted by Crippen LogP contribution is 2.26. The highest BCUT2D eigenvalue weighted by molar-refractivity contribution is 7.15. The molecule has 1 aliphatic rings. The Hall–Kier alpha value is -2.29. The van der Waals surface area contributed by atoms with Crippen LogP contribution < -0.4 is 5.32 Å². The summed E-state index contributed by atoms with van der Waals surface area (Å²) in [5.41, 5.74) is 1.20. The molecule has 1 aliphatic heterocycles. The Labute approximate surface area is 161 Å². The van der Waals surface area contributed by atoms with Gasteiger partial charge in [-0.15, -0.1) is 11.3 Å². The molecule has 1 fully saturated rings. The van der Waals surface area contributed by atoms with Gasteiger partial charge < -0.3 is 15.0 Å². The van der Waals surface area contributed by atoms with Crippen LogP contribution in [0.15, 0.2) is 36.8 Å². The molecule has 7 nitrogen and oxygen atoms in total. The molecular weight excluding hydrogens is 362 g/mol. The number of rotatable bonds is 5. The van der Waals surface area contributed by atoms with Gasteiger partial charge in [0.05, 0.1) is 36.1 Å². The van der Waals surface area contributed by atoms with Crippen molar-refractivity contribution in [3.05, 3.63) is 41.7 Å². The van der Waals surface area contributed by atoms with Gasteiger partial charge in [0.1, 0.15) is 0 Å². The number of carbonyl (C=O) groups is 1. The van der Waals surface area contributed by atoms with Crippen molar-refractivity contribution in [2.24, 2.45) is 0 Å². The summed E-state index contributed by atoms with van der Waals surface area (Å²) in [6, 6.07) is 7.94. The number of aliphatic hydroxyl groups is 1. The lowest BCUT2D eigenvalue weighted by atomic mass is 9.91. The summed E-state index contributed by atoms with van der Waals surface area (Å²) >= 11 is 1.47. The van der Waals surface area contributed by atoms with Crippen LogP contribution >= 0.6 is 11.3 Å². The first-order chi connectivity index (χ1) is 13.0. The molecule has 0 radical (unpaired) electrons. The second-order valence-electron chi connectivity index (χ2n) is 7.19. The summed E-state index contributed by atoms with van der Waals surface area (Å²) in [5, 5.41) is 14.5. The first-order valence-electron chi connectivity index (χ1n) is 9.08. The monoisotopic (exact) mass is 385 g/mol. The summed E-state index contributed by atoms with van der Waals surface area (Å²) < 4.78 is 2.02. The van der Waals surface area contributed by atoms with Gasteiger partial charge in [0, 0.05) is 24.2 Å². The molecule has 0 aliphatic carbocycles. The molecule has 0 atom stereocenters. The maximum Gasteiger partial charge on any atom is 0.240 e. The van der Waals surface area contributed by atoms with E-state index in [2.05, 4.69) is 20.2 Å². The number of piperidine rings is 1. The highest BCUT2D eigenvalue weighted by Gasteiger charge is 2.33. The van der Waals surface area contributed by atoms with Crippen LogP contribution in [0.25, 0.3) is 11.0 Å².